The van der Waals surface area contributed by atoms with Gasteiger partial charge in [0.25, 0.3) is 0 Å². The topological polar surface area (TPSA) is 40.5 Å². The van der Waals surface area contributed by atoms with Gasteiger partial charge in [0.2, 0.25) is 0 Å². The Morgan fingerprint density at radius 3 is 2.27 bits per heavy atom. The fraction of sp³-hybridized carbons (Fsp3) is 1.00. The molecule has 0 radical (unpaired) electrons. The lowest BCUT2D eigenvalue weighted by molar-refractivity contribution is -0.206. The summed E-state index contributed by atoms with van der Waals surface area (Å²) in [7, 11) is 0. The minimum atomic E-state index is -4.50. The van der Waals surface area contributed by atoms with Crippen LogP contribution in [0.2, 0.25) is 0 Å². The highest BCUT2D eigenvalue weighted by molar-refractivity contribution is 5.09. The van der Waals surface area contributed by atoms with Crippen LogP contribution in [0, 0.1) is 46.3 Å². The fourth-order valence-electron chi connectivity index (χ4n) is 9.00. The van der Waals surface area contributed by atoms with Crippen molar-refractivity contribution >= 4 is 0 Å². The van der Waals surface area contributed by atoms with E-state index in [2.05, 4.69) is 20.8 Å². The zero-order chi connectivity index (χ0) is 21.9. The van der Waals surface area contributed by atoms with E-state index in [1.807, 2.05) is 0 Å². The molecule has 4 rings (SSSR count). The maximum absolute atomic E-state index is 12.7. The van der Waals surface area contributed by atoms with Crippen molar-refractivity contribution in [2.45, 2.75) is 110 Å². The van der Waals surface area contributed by atoms with Gasteiger partial charge in [0.05, 0.1) is 6.10 Å². The van der Waals surface area contributed by atoms with E-state index >= 15 is 0 Å². The number of aliphatic hydroxyl groups excluding tert-OH is 2. The van der Waals surface area contributed by atoms with Gasteiger partial charge in [-0.25, -0.2) is 0 Å². The Labute approximate surface area is 180 Å². The molecule has 0 amide bonds. The SMILES string of the molecule is C[C@H](CC[C@@H](O)C(F)(F)F)[C@H]1CC[C@H]2[C@@H]3CC[C@H]4C[C@@H](O)CC[C@]4(C)C3CC[C@]12C. The molecule has 10 atom stereocenters. The Kier molecular flexibility index (Phi) is 6.05. The highest BCUT2D eigenvalue weighted by Crippen LogP contribution is 2.68. The predicted octanol–water partition coefficient (Wildman–Crippen LogP) is 6.35. The molecular formula is C25H41F3O2. The first-order chi connectivity index (χ1) is 14.0. The molecule has 2 nitrogen and oxygen atoms in total. The van der Waals surface area contributed by atoms with Crippen LogP contribution in [0.1, 0.15) is 91.4 Å². The van der Waals surface area contributed by atoms with Gasteiger partial charge >= 0.3 is 6.18 Å². The molecule has 0 heterocycles. The molecule has 4 saturated carbocycles. The summed E-state index contributed by atoms with van der Waals surface area (Å²) in [5.41, 5.74) is 0.602. The van der Waals surface area contributed by atoms with E-state index in [9.17, 15) is 23.4 Å². The quantitative estimate of drug-likeness (QED) is 0.546. The molecule has 4 fully saturated rings. The zero-order valence-electron chi connectivity index (χ0n) is 18.9. The third kappa shape index (κ3) is 3.74. The van der Waals surface area contributed by atoms with Crippen LogP contribution < -0.4 is 0 Å². The minimum Gasteiger partial charge on any atom is -0.393 e. The number of fused-ring (bicyclic) bond motifs is 5. The second kappa shape index (κ2) is 7.93. The van der Waals surface area contributed by atoms with Gasteiger partial charge in [-0.05, 0) is 117 Å². The summed E-state index contributed by atoms with van der Waals surface area (Å²) in [4.78, 5) is 0. The van der Waals surface area contributed by atoms with Crippen LogP contribution in [-0.2, 0) is 0 Å². The van der Waals surface area contributed by atoms with Gasteiger partial charge < -0.3 is 10.2 Å². The number of hydrogen-bond acceptors (Lipinski definition) is 2. The Hall–Kier alpha value is -0.290. The van der Waals surface area contributed by atoms with Crippen LogP contribution in [0.15, 0.2) is 0 Å². The molecule has 174 valence electrons. The van der Waals surface area contributed by atoms with Crippen molar-refractivity contribution < 1.29 is 23.4 Å². The molecule has 0 aromatic rings. The van der Waals surface area contributed by atoms with Crippen molar-refractivity contribution in [2.24, 2.45) is 46.3 Å². The van der Waals surface area contributed by atoms with Crippen LogP contribution in [0.4, 0.5) is 13.2 Å². The summed E-state index contributed by atoms with van der Waals surface area (Å²) in [6.45, 7) is 7.05. The Bertz CT molecular complexity index is 622. The maximum atomic E-state index is 12.7. The van der Waals surface area contributed by atoms with Gasteiger partial charge in [-0.3, -0.25) is 0 Å². The summed E-state index contributed by atoms with van der Waals surface area (Å²) < 4.78 is 38.2. The molecule has 2 N–H and O–H groups in total. The molecule has 5 heteroatoms. The van der Waals surface area contributed by atoms with Crippen LogP contribution in [-0.4, -0.2) is 28.6 Å². The molecule has 0 saturated heterocycles. The highest BCUT2D eigenvalue weighted by atomic mass is 19.4. The second-order valence-corrected chi connectivity index (χ2v) is 11.9. The number of rotatable bonds is 4. The maximum Gasteiger partial charge on any atom is 0.414 e. The van der Waals surface area contributed by atoms with E-state index in [-0.39, 0.29) is 23.9 Å². The summed E-state index contributed by atoms with van der Waals surface area (Å²) >= 11 is 0. The molecule has 0 aromatic carbocycles. The third-order valence-electron chi connectivity index (χ3n) is 10.7. The fourth-order valence-corrected chi connectivity index (χ4v) is 9.00. The summed E-state index contributed by atoms with van der Waals surface area (Å²) in [6, 6.07) is 0. The molecule has 1 unspecified atom stereocenters. The zero-order valence-corrected chi connectivity index (χ0v) is 18.9. The van der Waals surface area contributed by atoms with Crippen molar-refractivity contribution in [3.63, 3.8) is 0 Å². The molecule has 0 aromatic heterocycles. The third-order valence-corrected chi connectivity index (χ3v) is 10.7. The molecule has 0 spiro atoms. The molecule has 30 heavy (non-hydrogen) atoms. The van der Waals surface area contributed by atoms with Gasteiger partial charge in [-0.15, -0.1) is 0 Å². The molecular weight excluding hydrogens is 389 g/mol. The normalized spacial score (nSPS) is 48.4. The van der Waals surface area contributed by atoms with E-state index in [0.717, 1.165) is 37.5 Å². The van der Waals surface area contributed by atoms with Crippen molar-refractivity contribution in [2.75, 3.05) is 0 Å². The van der Waals surface area contributed by atoms with E-state index in [0.29, 0.717) is 29.6 Å². The molecule has 4 aliphatic rings. The average molecular weight is 431 g/mol. The van der Waals surface area contributed by atoms with E-state index < -0.39 is 12.3 Å². The first-order valence-electron chi connectivity index (χ1n) is 12.4. The Morgan fingerprint density at radius 2 is 1.57 bits per heavy atom. The van der Waals surface area contributed by atoms with Crippen molar-refractivity contribution in [3.8, 4) is 0 Å². The van der Waals surface area contributed by atoms with Gasteiger partial charge in [-0.2, -0.15) is 13.2 Å². The van der Waals surface area contributed by atoms with E-state index in [1.165, 1.54) is 32.1 Å². The smallest absolute Gasteiger partial charge is 0.393 e. The largest absolute Gasteiger partial charge is 0.414 e. The van der Waals surface area contributed by atoms with E-state index in [1.54, 1.807) is 0 Å². The standard InChI is InChI=1S/C25H41F3O2/c1-15(4-9-22(30)25(26,27)28)19-7-8-20-18-6-5-16-14-17(29)10-12-23(16,2)21(18)11-13-24(19,20)3/h15-22,29-30H,4-14H2,1-3H3/t15-,16+,17+,18+,19-,20+,21?,22-,23+,24-/m1/s1. The van der Waals surface area contributed by atoms with Gasteiger partial charge in [0.15, 0.2) is 0 Å². The average Bonchev–Trinajstić information content (AvgIpc) is 3.03. The second-order valence-electron chi connectivity index (χ2n) is 11.9. The lowest BCUT2D eigenvalue weighted by Gasteiger charge is -2.61. The van der Waals surface area contributed by atoms with E-state index in [4.69, 9.17) is 0 Å². The van der Waals surface area contributed by atoms with Crippen LogP contribution in [0.5, 0.6) is 0 Å². The molecule has 0 aliphatic heterocycles. The van der Waals surface area contributed by atoms with Gasteiger partial charge in [-0.1, -0.05) is 20.8 Å². The van der Waals surface area contributed by atoms with Crippen molar-refractivity contribution in [3.05, 3.63) is 0 Å². The Morgan fingerprint density at radius 1 is 0.900 bits per heavy atom. The first-order valence-corrected chi connectivity index (χ1v) is 12.4. The van der Waals surface area contributed by atoms with Gasteiger partial charge in [0.1, 0.15) is 6.10 Å². The van der Waals surface area contributed by atoms with Crippen molar-refractivity contribution in [1.82, 2.24) is 0 Å². The van der Waals surface area contributed by atoms with Gasteiger partial charge in [0, 0.05) is 0 Å². The summed E-state index contributed by atoms with van der Waals surface area (Å²) in [6.07, 6.45) is 3.86. The lowest BCUT2D eigenvalue weighted by atomic mass is 9.44. The molecule has 4 aliphatic carbocycles. The summed E-state index contributed by atoms with van der Waals surface area (Å²) in [5.74, 6) is 3.56. The number of alkyl halides is 3. The minimum absolute atomic E-state index is 0.114. The Balaban J connectivity index is 1.45. The monoisotopic (exact) mass is 430 g/mol. The lowest BCUT2D eigenvalue weighted by Crippen LogP contribution is -2.54. The highest BCUT2D eigenvalue weighted by Gasteiger charge is 2.60. The summed E-state index contributed by atoms with van der Waals surface area (Å²) in [5, 5.41) is 19.6. The van der Waals surface area contributed by atoms with Crippen molar-refractivity contribution in [1.29, 1.82) is 0 Å². The number of aliphatic hydroxyl groups is 2. The van der Waals surface area contributed by atoms with Crippen LogP contribution in [0.25, 0.3) is 0 Å². The number of halogens is 3. The number of hydrogen-bond donors (Lipinski definition) is 2. The first kappa shape index (κ1) is 22.9. The van der Waals surface area contributed by atoms with Crippen LogP contribution >= 0.6 is 0 Å². The predicted molar refractivity (Wildman–Crippen MR) is 112 cm³/mol. The molecule has 0 bridgehead atoms. The van der Waals surface area contributed by atoms with Crippen LogP contribution in [0.3, 0.4) is 0 Å².